The molecule has 2 aromatic rings. The zero-order valence-corrected chi connectivity index (χ0v) is 15.8. The van der Waals surface area contributed by atoms with Crippen LogP contribution in [0.1, 0.15) is 29.0 Å². The van der Waals surface area contributed by atoms with E-state index in [0.29, 0.717) is 17.2 Å². The number of carbonyl (C=O) groups is 1. The van der Waals surface area contributed by atoms with E-state index in [1.807, 2.05) is 0 Å². The molecule has 0 aliphatic carbocycles. The highest BCUT2D eigenvalue weighted by atomic mass is 35.5. The van der Waals surface area contributed by atoms with Crippen molar-refractivity contribution in [3.8, 4) is 11.3 Å². The van der Waals surface area contributed by atoms with E-state index in [-0.39, 0.29) is 35.8 Å². The van der Waals surface area contributed by atoms with E-state index in [2.05, 4.69) is 10.2 Å². The Kier molecular flexibility index (Phi) is 5.53. The molecular weight excluding hydrogens is 370 g/mol. The molecule has 3 aliphatic heterocycles. The molecule has 0 saturated carbocycles. The van der Waals surface area contributed by atoms with Gasteiger partial charge in [-0.2, -0.15) is 0 Å². The van der Waals surface area contributed by atoms with Gasteiger partial charge in [0.05, 0.1) is 10.5 Å². The Balaban J connectivity index is 0.00000210. The van der Waals surface area contributed by atoms with Crippen LogP contribution in [-0.4, -0.2) is 41.4 Å². The summed E-state index contributed by atoms with van der Waals surface area (Å²) in [4.78, 5) is 25.8. The third-order valence-electron chi connectivity index (χ3n) is 5.42. The number of halogens is 1. The maximum Gasteiger partial charge on any atom is 0.287 e. The van der Waals surface area contributed by atoms with Crippen molar-refractivity contribution in [2.75, 3.05) is 19.6 Å². The molecule has 3 aliphatic rings. The zero-order chi connectivity index (χ0) is 18.3. The third kappa shape index (κ3) is 3.84. The fourth-order valence-electron chi connectivity index (χ4n) is 3.97. The van der Waals surface area contributed by atoms with Crippen LogP contribution < -0.4 is 5.32 Å². The largest absolute Gasteiger partial charge is 0.451 e. The van der Waals surface area contributed by atoms with Gasteiger partial charge < -0.3 is 14.6 Å². The van der Waals surface area contributed by atoms with Crippen LogP contribution in [0.25, 0.3) is 11.3 Å². The molecule has 1 amide bonds. The molecular formula is C19H22ClN3O4. The van der Waals surface area contributed by atoms with Crippen LogP contribution in [0.5, 0.6) is 0 Å². The molecule has 144 valence electrons. The third-order valence-corrected chi connectivity index (χ3v) is 5.42. The maximum absolute atomic E-state index is 12.5. The number of nitrogens with one attached hydrogen (secondary N) is 1. The van der Waals surface area contributed by atoms with Gasteiger partial charge in [0.1, 0.15) is 5.76 Å². The highest BCUT2D eigenvalue weighted by Gasteiger charge is 2.35. The van der Waals surface area contributed by atoms with Gasteiger partial charge >= 0.3 is 0 Å². The Labute approximate surface area is 163 Å². The van der Waals surface area contributed by atoms with E-state index in [0.717, 1.165) is 38.0 Å². The maximum atomic E-state index is 12.5. The Bertz CT molecular complexity index is 858. The van der Waals surface area contributed by atoms with Gasteiger partial charge in [0.15, 0.2) is 5.76 Å². The summed E-state index contributed by atoms with van der Waals surface area (Å²) in [6.07, 6.45) is 2.23. The van der Waals surface area contributed by atoms with Crippen LogP contribution in [0.3, 0.4) is 0 Å². The molecule has 0 radical (unpaired) electrons. The molecule has 27 heavy (non-hydrogen) atoms. The summed E-state index contributed by atoms with van der Waals surface area (Å²) in [5, 5.41) is 14.4. The molecule has 7 nitrogen and oxygen atoms in total. The predicted octanol–water partition coefficient (Wildman–Crippen LogP) is 3.41. The Hall–Kier alpha value is -2.38. The molecule has 0 unspecified atom stereocenters. The molecule has 1 N–H and O–H groups in total. The number of benzene rings is 1. The number of hydrogen-bond acceptors (Lipinski definition) is 5. The Morgan fingerprint density at radius 3 is 2.63 bits per heavy atom. The standard InChI is InChI=1S/C19H21N3O4.ClH/c1-12-2-3-14(16(10-12)22(24)25)17-4-5-18(26-17)19(23)20-15-11-21-8-6-13(15)7-9-21;/h2-5,10,13,15H,6-9,11H2,1H3,(H,20,23);1H/t15-;/m0./s1. The van der Waals surface area contributed by atoms with Gasteiger partial charge in [0, 0.05) is 18.7 Å². The second-order valence-electron chi connectivity index (χ2n) is 7.16. The number of nitro groups is 1. The first-order chi connectivity index (χ1) is 12.5. The van der Waals surface area contributed by atoms with E-state index in [4.69, 9.17) is 4.42 Å². The Morgan fingerprint density at radius 2 is 2.00 bits per heavy atom. The van der Waals surface area contributed by atoms with Crippen LogP contribution in [-0.2, 0) is 0 Å². The zero-order valence-electron chi connectivity index (χ0n) is 15.0. The number of piperidine rings is 3. The number of furan rings is 1. The summed E-state index contributed by atoms with van der Waals surface area (Å²) >= 11 is 0. The summed E-state index contributed by atoms with van der Waals surface area (Å²) in [5.41, 5.74) is 1.15. The molecule has 2 bridgehead atoms. The van der Waals surface area contributed by atoms with Gasteiger partial charge in [0.25, 0.3) is 11.6 Å². The first-order valence-electron chi connectivity index (χ1n) is 8.90. The minimum atomic E-state index is -0.433. The average molecular weight is 392 g/mol. The van der Waals surface area contributed by atoms with Crippen LogP contribution >= 0.6 is 12.4 Å². The number of rotatable bonds is 4. The number of hydrogen-bond donors (Lipinski definition) is 1. The lowest BCUT2D eigenvalue weighted by molar-refractivity contribution is -0.384. The van der Waals surface area contributed by atoms with Crippen LogP contribution in [0.15, 0.2) is 34.7 Å². The molecule has 8 heteroatoms. The molecule has 5 rings (SSSR count). The minimum absolute atomic E-state index is 0. The highest BCUT2D eigenvalue weighted by Crippen LogP contribution is 2.32. The van der Waals surface area contributed by atoms with E-state index < -0.39 is 4.92 Å². The fourth-order valence-corrected chi connectivity index (χ4v) is 3.97. The summed E-state index contributed by atoms with van der Waals surface area (Å²) in [6.45, 7) is 4.90. The van der Waals surface area contributed by atoms with Crippen molar-refractivity contribution >= 4 is 24.0 Å². The molecule has 3 saturated heterocycles. The Morgan fingerprint density at radius 1 is 1.26 bits per heavy atom. The minimum Gasteiger partial charge on any atom is -0.451 e. The van der Waals surface area contributed by atoms with Crippen LogP contribution in [0.2, 0.25) is 0 Å². The summed E-state index contributed by atoms with van der Waals surface area (Å²) < 4.78 is 5.65. The summed E-state index contributed by atoms with van der Waals surface area (Å²) in [7, 11) is 0. The van der Waals surface area contributed by atoms with Gasteiger partial charge in [-0.25, -0.2) is 0 Å². The second-order valence-corrected chi connectivity index (χ2v) is 7.16. The van der Waals surface area contributed by atoms with Crippen LogP contribution in [0, 0.1) is 23.0 Å². The molecule has 1 atom stereocenters. The fraction of sp³-hybridized carbons (Fsp3) is 0.421. The van der Waals surface area contributed by atoms with Crippen molar-refractivity contribution in [3.63, 3.8) is 0 Å². The number of nitrogens with zero attached hydrogens (tertiary/aromatic N) is 2. The van der Waals surface area contributed by atoms with Crippen LogP contribution in [0.4, 0.5) is 5.69 Å². The van der Waals surface area contributed by atoms with E-state index >= 15 is 0 Å². The second kappa shape index (κ2) is 7.70. The van der Waals surface area contributed by atoms with Crippen molar-refractivity contribution in [2.24, 2.45) is 5.92 Å². The lowest BCUT2D eigenvalue weighted by Gasteiger charge is -2.44. The lowest BCUT2D eigenvalue weighted by atomic mass is 9.84. The monoisotopic (exact) mass is 391 g/mol. The number of nitro benzene ring substituents is 1. The average Bonchev–Trinajstić information content (AvgIpc) is 3.12. The normalized spacial score (nSPS) is 23.5. The van der Waals surface area contributed by atoms with Crippen molar-refractivity contribution in [1.82, 2.24) is 10.2 Å². The van der Waals surface area contributed by atoms with E-state index in [9.17, 15) is 14.9 Å². The SMILES string of the molecule is Cc1ccc(-c2ccc(C(=O)N[C@H]3CN4CCC3CC4)o2)c([N+](=O)[O-])c1.Cl. The van der Waals surface area contributed by atoms with Crippen molar-refractivity contribution in [1.29, 1.82) is 0 Å². The molecule has 0 spiro atoms. The summed E-state index contributed by atoms with van der Waals surface area (Å²) in [5.74, 6) is 0.781. The molecule has 4 heterocycles. The van der Waals surface area contributed by atoms with Gasteiger partial charge in [-0.1, -0.05) is 6.07 Å². The van der Waals surface area contributed by atoms with Gasteiger partial charge in [-0.05, 0) is 62.5 Å². The number of carbonyl (C=O) groups excluding carboxylic acids is 1. The predicted molar refractivity (Wildman–Crippen MR) is 103 cm³/mol. The molecule has 1 aromatic heterocycles. The molecule has 3 fully saturated rings. The summed E-state index contributed by atoms with van der Waals surface area (Å²) in [6, 6.07) is 8.29. The smallest absolute Gasteiger partial charge is 0.287 e. The quantitative estimate of drug-likeness (QED) is 0.637. The van der Waals surface area contributed by atoms with E-state index in [1.54, 1.807) is 31.2 Å². The van der Waals surface area contributed by atoms with Gasteiger partial charge in [-0.3, -0.25) is 14.9 Å². The highest BCUT2D eigenvalue weighted by molar-refractivity contribution is 5.92. The van der Waals surface area contributed by atoms with Gasteiger partial charge in [0.2, 0.25) is 0 Å². The first-order valence-corrected chi connectivity index (χ1v) is 8.90. The van der Waals surface area contributed by atoms with Gasteiger partial charge in [-0.15, -0.1) is 12.4 Å². The number of aryl methyl sites for hydroxylation is 1. The molecule has 1 aromatic carbocycles. The number of amides is 1. The topological polar surface area (TPSA) is 88.6 Å². The van der Waals surface area contributed by atoms with E-state index in [1.165, 1.54) is 6.07 Å². The van der Waals surface area contributed by atoms with Crippen molar-refractivity contribution < 1.29 is 14.1 Å². The first kappa shape index (κ1) is 19.4. The van der Waals surface area contributed by atoms with Crippen molar-refractivity contribution in [2.45, 2.75) is 25.8 Å². The number of fused-ring (bicyclic) bond motifs is 3. The van der Waals surface area contributed by atoms with Crippen molar-refractivity contribution in [3.05, 3.63) is 51.8 Å². The lowest BCUT2D eigenvalue weighted by Crippen LogP contribution is -2.57.